The SMILES string of the molecule is CC1CN(c2nc(-c3ccccc3)nc3c2CN(C(=O)COc2ccccc2)CC3)CC(C)O1. The van der Waals surface area contributed by atoms with Crippen LogP contribution in [-0.4, -0.2) is 59.2 Å². The zero-order valence-electron chi connectivity index (χ0n) is 19.7. The van der Waals surface area contributed by atoms with Crippen molar-refractivity contribution in [1.82, 2.24) is 14.9 Å². The Hall–Kier alpha value is -3.45. The summed E-state index contributed by atoms with van der Waals surface area (Å²) in [5.41, 5.74) is 3.04. The van der Waals surface area contributed by atoms with Gasteiger partial charge in [0.2, 0.25) is 0 Å². The van der Waals surface area contributed by atoms with Gasteiger partial charge < -0.3 is 19.3 Å². The number of fused-ring (bicyclic) bond motifs is 1. The van der Waals surface area contributed by atoms with Gasteiger partial charge in [0, 0.05) is 37.2 Å². The predicted molar refractivity (Wildman–Crippen MR) is 131 cm³/mol. The van der Waals surface area contributed by atoms with Crippen molar-refractivity contribution in [2.45, 2.75) is 39.0 Å². The average molecular weight is 459 g/mol. The first-order valence-corrected chi connectivity index (χ1v) is 11.9. The summed E-state index contributed by atoms with van der Waals surface area (Å²) < 4.78 is 11.7. The molecule has 1 aromatic heterocycles. The van der Waals surface area contributed by atoms with Gasteiger partial charge in [-0.3, -0.25) is 4.79 Å². The molecular weight excluding hydrogens is 428 g/mol. The molecule has 2 aliphatic rings. The lowest BCUT2D eigenvalue weighted by molar-refractivity contribution is -0.134. The molecule has 1 saturated heterocycles. The highest BCUT2D eigenvalue weighted by Crippen LogP contribution is 2.31. The summed E-state index contributed by atoms with van der Waals surface area (Å²) in [4.78, 5) is 27.1. The Bertz CT molecular complexity index is 1130. The number of ether oxygens (including phenoxy) is 2. The van der Waals surface area contributed by atoms with Crippen LogP contribution in [0.4, 0.5) is 5.82 Å². The second kappa shape index (κ2) is 9.81. The van der Waals surface area contributed by atoms with E-state index in [-0.39, 0.29) is 24.7 Å². The zero-order valence-corrected chi connectivity index (χ0v) is 19.7. The Morgan fingerprint density at radius 2 is 1.68 bits per heavy atom. The average Bonchev–Trinajstić information content (AvgIpc) is 2.87. The van der Waals surface area contributed by atoms with E-state index in [0.717, 1.165) is 41.6 Å². The number of carbonyl (C=O) groups excluding carboxylic acids is 1. The summed E-state index contributed by atoms with van der Waals surface area (Å²) in [7, 11) is 0. The van der Waals surface area contributed by atoms with Gasteiger partial charge >= 0.3 is 0 Å². The van der Waals surface area contributed by atoms with E-state index < -0.39 is 0 Å². The van der Waals surface area contributed by atoms with Gasteiger partial charge in [0.1, 0.15) is 11.6 Å². The number of para-hydroxylation sites is 1. The third-order valence-corrected chi connectivity index (χ3v) is 6.25. The molecular formula is C27H30N4O3. The van der Waals surface area contributed by atoms with Crippen LogP contribution >= 0.6 is 0 Å². The summed E-state index contributed by atoms with van der Waals surface area (Å²) in [5, 5.41) is 0. The third-order valence-electron chi connectivity index (χ3n) is 6.25. The molecule has 7 nitrogen and oxygen atoms in total. The number of rotatable bonds is 5. The van der Waals surface area contributed by atoms with Crippen LogP contribution in [0, 0.1) is 0 Å². The van der Waals surface area contributed by atoms with Crippen molar-refractivity contribution >= 4 is 11.7 Å². The van der Waals surface area contributed by atoms with Crippen molar-refractivity contribution in [3.05, 3.63) is 71.9 Å². The number of benzene rings is 2. The Morgan fingerprint density at radius 1 is 1.00 bits per heavy atom. The molecule has 1 fully saturated rings. The Kier molecular flexibility index (Phi) is 6.45. The second-order valence-electron chi connectivity index (χ2n) is 8.99. The number of aromatic nitrogens is 2. The molecule has 176 valence electrons. The first kappa shape index (κ1) is 22.3. The van der Waals surface area contributed by atoms with Crippen molar-refractivity contribution in [1.29, 1.82) is 0 Å². The molecule has 34 heavy (non-hydrogen) atoms. The highest BCUT2D eigenvalue weighted by Gasteiger charge is 2.31. The molecule has 2 aromatic carbocycles. The Balaban J connectivity index is 1.43. The lowest BCUT2D eigenvalue weighted by Crippen LogP contribution is -2.47. The van der Waals surface area contributed by atoms with Crippen molar-refractivity contribution < 1.29 is 14.3 Å². The van der Waals surface area contributed by atoms with E-state index in [1.807, 2.05) is 65.6 Å². The highest BCUT2D eigenvalue weighted by molar-refractivity contribution is 5.78. The largest absolute Gasteiger partial charge is 0.484 e. The van der Waals surface area contributed by atoms with Gasteiger partial charge in [-0.1, -0.05) is 48.5 Å². The first-order valence-electron chi connectivity index (χ1n) is 11.9. The highest BCUT2D eigenvalue weighted by atomic mass is 16.5. The van der Waals surface area contributed by atoms with E-state index in [2.05, 4.69) is 18.7 Å². The third kappa shape index (κ3) is 4.89. The summed E-state index contributed by atoms with van der Waals surface area (Å²) in [6.07, 6.45) is 0.905. The fraction of sp³-hybridized carbons (Fsp3) is 0.370. The van der Waals surface area contributed by atoms with Crippen LogP contribution in [0.1, 0.15) is 25.1 Å². The molecule has 3 heterocycles. The van der Waals surface area contributed by atoms with E-state index in [9.17, 15) is 4.79 Å². The Morgan fingerprint density at radius 3 is 2.38 bits per heavy atom. The minimum absolute atomic E-state index is 0.0171. The van der Waals surface area contributed by atoms with Crippen LogP contribution < -0.4 is 9.64 Å². The summed E-state index contributed by atoms with van der Waals surface area (Å²) in [6.45, 7) is 6.81. The van der Waals surface area contributed by atoms with Crippen LogP contribution in [0.3, 0.4) is 0 Å². The zero-order chi connectivity index (χ0) is 23.5. The number of hydrogen-bond acceptors (Lipinski definition) is 6. The fourth-order valence-electron chi connectivity index (χ4n) is 4.69. The predicted octanol–water partition coefficient (Wildman–Crippen LogP) is 3.72. The molecule has 0 saturated carbocycles. The van der Waals surface area contributed by atoms with Gasteiger partial charge in [-0.15, -0.1) is 0 Å². The minimum atomic E-state index is -0.0312. The Labute approximate surface area is 200 Å². The van der Waals surface area contributed by atoms with Crippen molar-refractivity contribution in [2.75, 3.05) is 31.1 Å². The van der Waals surface area contributed by atoms with Gasteiger partial charge in [0.25, 0.3) is 5.91 Å². The summed E-state index contributed by atoms with van der Waals surface area (Å²) in [6, 6.07) is 19.5. The maximum atomic E-state index is 13.0. The van der Waals surface area contributed by atoms with Gasteiger partial charge in [0.15, 0.2) is 12.4 Å². The number of carbonyl (C=O) groups is 1. The number of hydrogen-bond donors (Lipinski definition) is 0. The summed E-state index contributed by atoms with van der Waals surface area (Å²) >= 11 is 0. The maximum absolute atomic E-state index is 13.0. The first-order chi connectivity index (χ1) is 16.6. The molecule has 2 aliphatic heterocycles. The molecule has 0 aliphatic carbocycles. The molecule has 0 spiro atoms. The molecule has 5 rings (SSSR count). The number of anilines is 1. The maximum Gasteiger partial charge on any atom is 0.260 e. The fourth-order valence-corrected chi connectivity index (χ4v) is 4.69. The van der Waals surface area contributed by atoms with Crippen molar-refractivity contribution in [3.8, 4) is 17.1 Å². The normalized spacial score (nSPS) is 20.1. The lowest BCUT2D eigenvalue weighted by atomic mass is 10.0. The molecule has 0 radical (unpaired) electrons. The quantitative estimate of drug-likeness (QED) is 0.581. The smallest absolute Gasteiger partial charge is 0.260 e. The molecule has 2 atom stereocenters. The van der Waals surface area contributed by atoms with Crippen LogP contribution in [0.15, 0.2) is 60.7 Å². The standard InChI is InChI=1S/C27H30N4O3/c1-19-15-31(16-20(2)34-19)27-23-17-30(25(32)18-33-22-11-7-4-8-12-22)14-13-24(23)28-26(29-27)21-9-5-3-6-10-21/h3-12,19-20H,13-18H2,1-2H3. The van der Waals surface area contributed by atoms with Crippen LogP contribution in [0.2, 0.25) is 0 Å². The number of amides is 1. The summed E-state index contributed by atoms with van der Waals surface area (Å²) in [5.74, 6) is 2.30. The van der Waals surface area contributed by atoms with Crippen molar-refractivity contribution in [3.63, 3.8) is 0 Å². The van der Waals surface area contributed by atoms with E-state index >= 15 is 0 Å². The van der Waals surface area contributed by atoms with Gasteiger partial charge in [-0.25, -0.2) is 9.97 Å². The van der Waals surface area contributed by atoms with Crippen molar-refractivity contribution in [2.24, 2.45) is 0 Å². The van der Waals surface area contributed by atoms with Crippen LogP contribution in [-0.2, 0) is 22.5 Å². The lowest BCUT2D eigenvalue weighted by Gasteiger charge is -2.39. The van der Waals surface area contributed by atoms with Gasteiger partial charge in [-0.2, -0.15) is 0 Å². The monoisotopic (exact) mass is 458 g/mol. The number of morpholine rings is 1. The van der Waals surface area contributed by atoms with E-state index in [0.29, 0.717) is 25.3 Å². The minimum Gasteiger partial charge on any atom is -0.484 e. The molecule has 0 N–H and O–H groups in total. The number of nitrogens with zero attached hydrogens (tertiary/aromatic N) is 4. The molecule has 7 heteroatoms. The van der Waals surface area contributed by atoms with E-state index in [1.54, 1.807) is 0 Å². The molecule has 2 unspecified atom stereocenters. The van der Waals surface area contributed by atoms with Gasteiger partial charge in [-0.05, 0) is 26.0 Å². The molecule has 1 amide bonds. The van der Waals surface area contributed by atoms with Crippen LogP contribution in [0.5, 0.6) is 5.75 Å². The molecule has 0 bridgehead atoms. The van der Waals surface area contributed by atoms with Crippen LogP contribution in [0.25, 0.3) is 11.4 Å². The van der Waals surface area contributed by atoms with E-state index in [4.69, 9.17) is 19.4 Å². The topological polar surface area (TPSA) is 67.8 Å². The second-order valence-corrected chi connectivity index (χ2v) is 8.99. The molecule has 3 aromatic rings. The van der Waals surface area contributed by atoms with E-state index in [1.165, 1.54) is 0 Å². The van der Waals surface area contributed by atoms with Gasteiger partial charge in [0.05, 0.1) is 24.4 Å².